The van der Waals surface area contributed by atoms with E-state index in [1.165, 1.54) is 6.33 Å². The maximum atomic E-state index is 12.0. The fourth-order valence-corrected chi connectivity index (χ4v) is 2.07. The second-order valence-corrected chi connectivity index (χ2v) is 4.70. The number of amides is 1. The first kappa shape index (κ1) is 14.8. The SMILES string of the molecule is C#CCC(NC(=O)CCCn1cncn1)c1ccccc1. The van der Waals surface area contributed by atoms with Crippen LogP contribution in [0.15, 0.2) is 43.0 Å². The van der Waals surface area contributed by atoms with Gasteiger partial charge in [0.05, 0.1) is 6.04 Å². The molecule has 0 aliphatic rings. The van der Waals surface area contributed by atoms with Gasteiger partial charge in [0.25, 0.3) is 0 Å². The first-order valence-corrected chi connectivity index (χ1v) is 6.90. The molecule has 2 aromatic rings. The van der Waals surface area contributed by atoms with Crippen LogP contribution in [0.4, 0.5) is 0 Å². The summed E-state index contributed by atoms with van der Waals surface area (Å²) >= 11 is 0. The normalized spacial score (nSPS) is 11.6. The second kappa shape index (κ2) is 7.85. The zero-order valence-corrected chi connectivity index (χ0v) is 11.8. The van der Waals surface area contributed by atoms with E-state index in [1.807, 2.05) is 30.3 Å². The molecule has 1 heterocycles. The van der Waals surface area contributed by atoms with Gasteiger partial charge in [-0.2, -0.15) is 5.10 Å². The molecule has 0 bridgehead atoms. The van der Waals surface area contributed by atoms with Crippen molar-refractivity contribution in [2.24, 2.45) is 0 Å². The van der Waals surface area contributed by atoms with E-state index in [9.17, 15) is 4.79 Å². The highest BCUT2D eigenvalue weighted by Gasteiger charge is 2.13. The number of hydrogen-bond donors (Lipinski definition) is 1. The maximum Gasteiger partial charge on any atom is 0.220 e. The van der Waals surface area contributed by atoms with Crippen molar-refractivity contribution in [3.8, 4) is 12.3 Å². The lowest BCUT2D eigenvalue weighted by atomic mass is 10.0. The minimum absolute atomic E-state index is 0.000724. The molecule has 21 heavy (non-hydrogen) atoms. The molecule has 1 unspecified atom stereocenters. The molecule has 0 fully saturated rings. The molecule has 1 aromatic carbocycles. The molecule has 0 saturated carbocycles. The van der Waals surface area contributed by atoms with Gasteiger partial charge in [-0.05, 0) is 12.0 Å². The molecule has 1 N–H and O–H groups in total. The Morgan fingerprint density at radius 1 is 1.38 bits per heavy atom. The number of terminal acetylenes is 1. The molecule has 1 atom stereocenters. The molecule has 0 aliphatic carbocycles. The van der Waals surface area contributed by atoms with Gasteiger partial charge in [0.15, 0.2) is 0 Å². The monoisotopic (exact) mass is 282 g/mol. The molecule has 2 rings (SSSR count). The number of rotatable bonds is 7. The van der Waals surface area contributed by atoms with Crippen LogP contribution in [0.1, 0.15) is 30.9 Å². The van der Waals surface area contributed by atoms with Gasteiger partial charge in [0.1, 0.15) is 12.7 Å². The molecule has 0 spiro atoms. The second-order valence-electron chi connectivity index (χ2n) is 4.70. The van der Waals surface area contributed by atoms with Gasteiger partial charge < -0.3 is 5.32 Å². The highest BCUT2D eigenvalue weighted by atomic mass is 16.1. The van der Waals surface area contributed by atoms with Gasteiger partial charge in [-0.1, -0.05) is 30.3 Å². The number of nitrogens with zero attached hydrogens (tertiary/aromatic N) is 3. The molecule has 0 aliphatic heterocycles. The molecule has 1 aromatic heterocycles. The Hall–Kier alpha value is -2.61. The van der Waals surface area contributed by atoms with Crippen LogP contribution in [0.2, 0.25) is 0 Å². The van der Waals surface area contributed by atoms with Crippen LogP contribution >= 0.6 is 0 Å². The predicted octanol–water partition coefficient (Wildman–Crippen LogP) is 1.94. The first-order chi connectivity index (χ1) is 10.3. The van der Waals surface area contributed by atoms with Gasteiger partial charge in [0, 0.05) is 19.4 Å². The Morgan fingerprint density at radius 3 is 2.86 bits per heavy atom. The third kappa shape index (κ3) is 4.77. The summed E-state index contributed by atoms with van der Waals surface area (Å²) in [4.78, 5) is 15.9. The van der Waals surface area contributed by atoms with Crippen LogP contribution in [0.25, 0.3) is 0 Å². The minimum Gasteiger partial charge on any atom is -0.348 e. The zero-order chi connectivity index (χ0) is 14.9. The van der Waals surface area contributed by atoms with Crippen molar-refractivity contribution in [2.75, 3.05) is 0 Å². The Balaban J connectivity index is 1.82. The number of aromatic nitrogens is 3. The van der Waals surface area contributed by atoms with E-state index in [-0.39, 0.29) is 11.9 Å². The van der Waals surface area contributed by atoms with Crippen molar-refractivity contribution < 1.29 is 4.79 Å². The standard InChI is InChI=1S/C16H18N4O/c1-2-7-15(14-8-4-3-5-9-14)19-16(21)10-6-11-20-13-17-12-18-20/h1,3-5,8-9,12-13,15H,6-7,10-11H2,(H,19,21). The third-order valence-electron chi connectivity index (χ3n) is 3.12. The summed E-state index contributed by atoms with van der Waals surface area (Å²) in [6, 6.07) is 9.63. The molecule has 5 heteroatoms. The fourth-order valence-electron chi connectivity index (χ4n) is 2.07. The zero-order valence-electron chi connectivity index (χ0n) is 11.8. The molecule has 108 valence electrons. The van der Waals surface area contributed by atoms with Crippen LogP contribution in [0, 0.1) is 12.3 Å². The van der Waals surface area contributed by atoms with Gasteiger partial charge in [0.2, 0.25) is 5.91 Å². The summed E-state index contributed by atoms with van der Waals surface area (Å²) in [5.74, 6) is 2.61. The minimum atomic E-state index is -0.130. The Kier molecular flexibility index (Phi) is 5.53. The Bertz CT molecular complexity index is 586. The topological polar surface area (TPSA) is 59.8 Å². The third-order valence-corrected chi connectivity index (χ3v) is 3.12. The summed E-state index contributed by atoms with van der Waals surface area (Å²) in [7, 11) is 0. The Labute approximate surface area is 124 Å². The molecular formula is C16H18N4O. The lowest BCUT2D eigenvalue weighted by Gasteiger charge is -2.17. The van der Waals surface area contributed by atoms with Gasteiger partial charge >= 0.3 is 0 Å². The smallest absolute Gasteiger partial charge is 0.220 e. The number of hydrogen-bond acceptors (Lipinski definition) is 3. The van der Waals surface area contributed by atoms with E-state index in [1.54, 1.807) is 11.0 Å². The van der Waals surface area contributed by atoms with Gasteiger partial charge in [-0.3, -0.25) is 9.48 Å². The lowest BCUT2D eigenvalue weighted by molar-refractivity contribution is -0.122. The number of benzene rings is 1. The van der Waals surface area contributed by atoms with Crippen molar-refractivity contribution in [3.05, 3.63) is 48.5 Å². The van der Waals surface area contributed by atoms with Crippen molar-refractivity contribution >= 4 is 5.91 Å². The summed E-state index contributed by atoms with van der Waals surface area (Å²) < 4.78 is 1.71. The molecule has 1 amide bonds. The predicted molar refractivity (Wildman–Crippen MR) is 80.0 cm³/mol. The quantitative estimate of drug-likeness (QED) is 0.789. The average Bonchev–Trinajstić information content (AvgIpc) is 3.01. The number of carbonyl (C=O) groups excluding carboxylic acids is 1. The number of aryl methyl sites for hydroxylation is 1. The van der Waals surface area contributed by atoms with Crippen molar-refractivity contribution in [1.29, 1.82) is 0 Å². The van der Waals surface area contributed by atoms with Crippen LogP contribution in [-0.2, 0) is 11.3 Å². The lowest BCUT2D eigenvalue weighted by Crippen LogP contribution is -2.28. The molecular weight excluding hydrogens is 264 g/mol. The van der Waals surface area contributed by atoms with E-state index in [0.717, 1.165) is 5.56 Å². The highest BCUT2D eigenvalue weighted by Crippen LogP contribution is 2.16. The number of carbonyl (C=O) groups is 1. The maximum absolute atomic E-state index is 12.0. The van der Waals surface area contributed by atoms with E-state index >= 15 is 0 Å². The van der Waals surface area contributed by atoms with E-state index in [4.69, 9.17) is 6.42 Å². The van der Waals surface area contributed by atoms with Crippen LogP contribution in [0.5, 0.6) is 0 Å². The van der Waals surface area contributed by atoms with Crippen molar-refractivity contribution in [2.45, 2.75) is 31.8 Å². The summed E-state index contributed by atoms with van der Waals surface area (Å²) in [6.07, 6.45) is 10.2. The molecule has 5 nitrogen and oxygen atoms in total. The largest absolute Gasteiger partial charge is 0.348 e. The fraction of sp³-hybridized carbons (Fsp3) is 0.312. The molecule has 0 radical (unpaired) electrons. The van der Waals surface area contributed by atoms with E-state index in [0.29, 0.717) is 25.8 Å². The summed E-state index contributed by atoms with van der Waals surface area (Å²) in [5.41, 5.74) is 1.03. The summed E-state index contributed by atoms with van der Waals surface area (Å²) in [5, 5.41) is 6.99. The summed E-state index contributed by atoms with van der Waals surface area (Å²) in [6.45, 7) is 0.679. The highest BCUT2D eigenvalue weighted by molar-refractivity contribution is 5.76. The van der Waals surface area contributed by atoms with Crippen LogP contribution < -0.4 is 5.32 Å². The molecule has 0 saturated heterocycles. The first-order valence-electron chi connectivity index (χ1n) is 6.90. The van der Waals surface area contributed by atoms with Crippen LogP contribution in [0.3, 0.4) is 0 Å². The number of nitrogens with one attached hydrogen (secondary N) is 1. The average molecular weight is 282 g/mol. The van der Waals surface area contributed by atoms with E-state index < -0.39 is 0 Å². The van der Waals surface area contributed by atoms with Crippen molar-refractivity contribution in [1.82, 2.24) is 20.1 Å². The van der Waals surface area contributed by atoms with E-state index in [2.05, 4.69) is 21.3 Å². The van der Waals surface area contributed by atoms with Crippen molar-refractivity contribution in [3.63, 3.8) is 0 Å². The van der Waals surface area contributed by atoms with Gasteiger partial charge in [-0.25, -0.2) is 4.98 Å². The van der Waals surface area contributed by atoms with Gasteiger partial charge in [-0.15, -0.1) is 12.3 Å². The van der Waals surface area contributed by atoms with Crippen LogP contribution in [-0.4, -0.2) is 20.7 Å². The Morgan fingerprint density at radius 2 is 2.19 bits per heavy atom.